The van der Waals surface area contributed by atoms with E-state index in [-0.39, 0.29) is 17.5 Å². The smallest absolute Gasteiger partial charge is 0.295 e. The maximum atomic E-state index is 13.8. The number of halogens is 1. The Kier molecular flexibility index (Phi) is 5.38. The van der Waals surface area contributed by atoms with Gasteiger partial charge in [-0.2, -0.15) is 0 Å². The van der Waals surface area contributed by atoms with E-state index in [0.717, 1.165) is 6.07 Å². The minimum atomic E-state index is -0.747. The lowest BCUT2D eigenvalue weighted by atomic mass is 10.1. The van der Waals surface area contributed by atoms with Crippen LogP contribution in [0.3, 0.4) is 0 Å². The van der Waals surface area contributed by atoms with Crippen LogP contribution in [0.5, 0.6) is 5.75 Å². The molecule has 1 heterocycles. The van der Waals surface area contributed by atoms with Crippen molar-refractivity contribution in [3.8, 4) is 5.75 Å². The third-order valence-corrected chi connectivity index (χ3v) is 4.05. The molecule has 23 heavy (non-hydrogen) atoms. The highest BCUT2D eigenvalue weighted by atomic mass is 19.1. The number of ether oxygens (including phenoxy) is 1. The second-order valence-corrected chi connectivity index (χ2v) is 5.87. The molecular weight excluding hydrogens is 305 g/mol. The molecule has 7 nitrogen and oxygen atoms in total. The first-order chi connectivity index (χ1) is 10.8. The van der Waals surface area contributed by atoms with Gasteiger partial charge in [0.15, 0.2) is 11.6 Å². The van der Waals surface area contributed by atoms with Gasteiger partial charge in [-0.05, 0) is 13.8 Å². The Morgan fingerprint density at radius 3 is 2.74 bits per heavy atom. The number of β-amino-alcohol motifs (C(OH)–C–C–N with tert-alkyl or cyclic N) is 1. The quantitative estimate of drug-likeness (QED) is 0.654. The van der Waals surface area contributed by atoms with Crippen LogP contribution < -0.4 is 9.64 Å². The standard InChI is InChI=1S/C15H22FN3O4/c1-10-8-18(5-4-17(10)9-11(2)20)13-7-15(23-3)12(16)6-14(13)19(21)22/h6-7,10-11,20H,4-5,8-9H2,1-3H3. The number of rotatable bonds is 5. The van der Waals surface area contributed by atoms with E-state index < -0.39 is 16.8 Å². The van der Waals surface area contributed by atoms with Crippen molar-refractivity contribution < 1.29 is 19.2 Å². The van der Waals surface area contributed by atoms with Crippen LogP contribution in [0.4, 0.5) is 15.8 Å². The molecule has 0 saturated carbocycles. The van der Waals surface area contributed by atoms with Crippen molar-refractivity contribution in [2.24, 2.45) is 0 Å². The topological polar surface area (TPSA) is 79.1 Å². The van der Waals surface area contributed by atoms with E-state index in [4.69, 9.17) is 4.74 Å². The fraction of sp³-hybridized carbons (Fsp3) is 0.600. The number of nitro benzene ring substituents is 1. The molecule has 1 aromatic carbocycles. The number of hydrogen-bond donors (Lipinski definition) is 1. The molecule has 0 aromatic heterocycles. The van der Waals surface area contributed by atoms with Gasteiger partial charge in [0.25, 0.3) is 5.69 Å². The highest BCUT2D eigenvalue weighted by Gasteiger charge is 2.29. The van der Waals surface area contributed by atoms with Crippen LogP contribution in [0, 0.1) is 15.9 Å². The van der Waals surface area contributed by atoms with Crippen molar-refractivity contribution >= 4 is 11.4 Å². The van der Waals surface area contributed by atoms with Gasteiger partial charge in [-0.3, -0.25) is 15.0 Å². The molecule has 1 aliphatic rings. The molecule has 2 unspecified atom stereocenters. The van der Waals surface area contributed by atoms with Crippen molar-refractivity contribution in [1.29, 1.82) is 0 Å². The van der Waals surface area contributed by atoms with Crippen LogP contribution in [0.25, 0.3) is 0 Å². The molecule has 128 valence electrons. The second-order valence-electron chi connectivity index (χ2n) is 5.87. The number of aliphatic hydroxyl groups is 1. The van der Waals surface area contributed by atoms with E-state index in [0.29, 0.717) is 31.9 Å². The molecule has 1 saturated heterocycles. The lowest BCUT2D eigenvalue weighted by molar-refractivity contribution is -0.384. The highest BCUT2D eigenvalue weighted by molar-refractivity contribution is 5.66. The predicted molar refractivity (Wildman–Crippen MR) is 84.5 cm³/mol. The van der Waals surface area contributed by atoms with E-state index in [1.807, 2.05) is 11.8 Å². The van der Waals surface area contributed by atoms with E-state index in [9.17, 15) is 19.6 Å². The van der Waals surface area contributed by atoms with E-state index >= 15 is 0 Å². The minimum Gasteiger partial charge on any atom is -0.494 e. The normalized spacial score (nSPS) is 20.4. The highest BCUT2D eigenvalue weighted by Crippen LogP contribution is 2.35. The zero-order chi connectivity index (χ0) is 17.1. The van der Waals surface area contributed by atoms with Crippen LogP contribution in [-0.4, -0.2) is 60.4 Å². The number of anilines is 1. The largest absolute Gasteiger partial charge is 0.494 e. The molecule has 8 heteroatoms. The first-order valence-electron chi connectivity index (χ1n) is 7.52. The molecule has 0 radical (unpaired) electrons. The summed E-state index contributed by atoms with van der Waals surface area (Å²) in [6.45, 7) is 6.08. The third kappa shape index (κ3) is 3.89. The molecule has 1 N–H and O–H groups in total. The summed E-state index contributed by atoms with van der Waals surface area (Å²) in [5, 5.41) is 20.8. The van der Waals surface area contributed by atoms with Crippen molar-refractivity contribution in [3.05, 3.63) is 28.1 Å². The van der Waals surface area contributed by atoms with Crippen LogP contribution in [-0.2, 0) is 0 Å². The van der Waals surface area contributed by atoms with Gasteiger partial charge in [0.1, 0.15) is 5.69 Å². The van der Waals surface area contributed by atoms with Gasteiger partial charge in [-0.15, -0.1) is 0 Å². The average molecular weight is 327 g/mol. The molecule has 0 aliphatic carbocycles. The fourth-order valence-corrected chi connectivity index (χ4v) is 2.91. The number of nitrogens with zero attached hydrogens (tertiary/aromatic N) is 3. The molecule has 0 spiro atoms. The second kappa shape index (κ2) is 7.10. The number of benzene rings is 1. The maximum Gasteiger partial charge on any atom is 0.295 e. The summed E-state index contributed by atoms with van der Waals surface area (Å²) < 4.78 is 18.7. The third-order valence-electron chi connectivity index (χ3n) is 4.05. The molecule has 0 bridgehead atoms. The Hall–Kier alpha value is -1.93. The van der Waals surface area contributed by atoms with E-state index in [2.05, 4.69) is 4.90 Å². The molecule has 1 aliphatic heterocycles. The van der Waals surface area contributed by atoms with Crippen LogP contribution >= 0.6 is 0 Å². The molecular formula is C15H22FN3O4. The fourth-order valence-electron chi connectivity index (χ4n) is 2.91. The number of methoxy groups -OCH3 is 1. The van der Waals surface area contributed by atoms with Crippen LogP contribution in [0.15, 0.2) is 12.1 Å². The van der Waals surface area contributed by atoms with Crippen molar-refractivity contribution in [3.63, 3.8) is 0 Å². The molecule has 2 rings (SSSR count). The Morgan fingerprint density at radius 2 is 2.22 bits per heavy atom. The summed E-state index contributed by atoms with van der Waals surface area (Å²) in [7, 11) is 1.33. The summed E-state index contributed by atoms with van der Waals surface area (Å²) in [6, 6.07) is 2.40. The Morgan fingerprint density at radius 1 is 1.52 bits per heavy atom. The number of hydrogen-bond acceptors (Lipinski definition) is 6. The van der Waals surface area contributed by atoms with Crippen molar-refractivity contribution in [1.82, 2.24) is 4.90 Å². The van der Waals surface area contributed by atoms with E-state index in [1.54, 1.807) is 6.92 Å². The summed E-state index contributed by atoms with van der Waals surface area (Å²) in [6.07, 6.45) is -0.427. The van der Waals surface area contributed by atoms with Gasteiger partial charge >= 0.3 is 0 Å². The molecule has 0 amide bonds. The van der Waals surface area contributed by atoms with Gasteiger partial charge in [0.05, 0.1) is 24.2 Å². The molecule has 1 fully saturated rings. The Bertz CT molecular complexity index is 582. The van der Waals surface area contributed by atoms with Gasteiger partial charge < -0.3 is 14.7 Å². The monoisotopic (exact) mass is 327 g/mol. The van der Waals surface area contributed by atoms with Gasteiger partial charge in [0, 0.05) is 38.3 Å². The van der Waals surface area contributed by atoms with Crippen molar-refractivity contribution in [2.75, 3.05) is 38.2 Å². The first kappa shape index (κ1) is 17.4. The number of aliphatic hydroxyl groups excluding tert-OH is 1. The summed E-state index contributed by atoms with van der Waals surface area (Å²) >= 11 is 0. The van der Waals surface area contributed by atoms with Crippen LogP contribution in [0.1, 0.15) is 13.8 Å². The summed E-state index contributed by atoms with van der Waals surface area (Å²) in [5.74, 6) is -0.756. The Balaban J connectivity index is 2.27. The summed E-state index contributed by atoms with van der Waals surface area (Å²) in [5.41, 5.74) is 0.0938. The number of piperazine rings is 1. The maximum absolute atomic E-state index is 13.8. The predicted octanol–water partition coefficient (Wildman–Crippen LogP) is 1.63. The SMILES string of the molecule is COc1cc(N2CCN(CC(C)O)C(C)C2)c([N+](=O)[O-])cc1F. The van der Waals surface area contributed by atoms with Gasteiger partial charge in [-0.1, -0.05) is 0 Å². The zero-order valence-corrected chi connectivity index (χ0v) is 13.5. The summed E-state index contributed by atoms with van der Waals surface area (Å²) in [4.78, 5) is 14.7. The lowest BCUT2D eigenvalue weighted by Crippen LogP contribution is -2.53. The van der Waals surface area contributed by atoms with Gasteiger partial charge in [-0.25, -0.2) is 4.39 Å². The molecule has 2 atom stereocenters. The minimum absolute atomic E-state index is 0.00957. The Labute approximate surface area is 134 Å². The number of nitro groups is 1. The van der Waals surface area contributed by atoms with Gasteiger partial charge in [0.2, 0.25) is 0 Å². The first-order valence-corrected chi connectivity index (χ1v) is 7.52. The lowest BCUT2D eigenvalue weighted by Gasteiger charge is -2.41. The zero-order valence-electron chi connectivity index (χ0n) is 13.5. The average Bonchev–Trinajstić information content (AvgIpc) is 2.48. The van der Waals surface area contributed by atoms with Crippen LogP contribution in [0.2, 0.25) is 0 Å². The molecule has 1 aromatic rings. The van der Waals surface area contributed by atoms with Crippen molar-refractivity contribution in [2.45, 2.75) is 26.0 Å². The van der Waals surface area contributed by atoms with E-state index in [1.165, 1.54) is 13.2 Å².